The van der Waals surface area contributed by atoms with Crippen molar-refractivity contribution in [1.29, 1.82) is 0 Å². The van der Waals surface area contributed by atoms with E-state index in [-0.39, 0.29) is 6.42 Å². The van der Waals surface area contributed by atoms with Crippen LogP contribution in [0.4, 0.5) is 5.00 Å². The van der Waals surface area contributed by atoms with Gasteiger partial charge in [-0.25, -0.2) is 0 Å². The summed E-state index contributed by atoms with van der Waals surface area (Å²) in [6.07, 6.45) is 0.197. The summed E-state index contributed by atoms with van der Waals surface area (Å²) >= 11 is 3.01. The monoisotopic (exact) mass is 203 g/mol. The maximum atomic E-state index is 10.2. The van der Waals surface area contributed by atoms with E-state index in [2.05, 4.69) is 0 Å². The number of carboxylic acids is 1. The molecule has 0 spiro atoms. The molecule has 0 fully saturated rings. The van der Waals surface area contributed by atoms with E-state index >= 15 is 0 Å². The Morgan fingerprint density at radius 3 is 2.92 bits per heavy atom. The van der Waals surface area contributed by atoms with Crippen molar-refractivity contribution in [2.24, 2.45) is 0 Å². The van der Waals surface area contributed by atoms with Gasteiger partial charge in [0.25, 0.3) is 0 Å². The van der Waals surface area contributed by atoms with Crippen molar-refractivity contribution in [1.82, 2.24) is 0 Å². The fourth-order valence-electron chi connectivity index (χ4n) is 0.651. The van der Waals surface area contributed by atoms with Crippen LogP contribution in [-0.4, -0.2) is 16.8 Å². The summed E-state index contributed by atoms with van der Waals surface area (Å²) in [7, 11) is 0. The van der Waals surface area contributed by atoms with E-state index in [9.17, 15) is 4.79 Å². The minimum atomic E-state index is -0.757. The zero-order valence-electron chi connectivity index (χ0n) is 6.32. The molecule has 0 unspecified atom stereocenters. The van der Waals surface area contributed by atoms with Crippen LogP contribution in [0.2, 0.25) is 0 Å². The number of thioether (sulfide) groups is 1. The maximum absolute atomic E-state index is 10.2. The Balaban J connectivity index is 2.29. The molecule has 0 atom stereocenters. The highest BCUT2D eigenvalue weighted by Crippen LogP contribution is 2.28. The number of nitrogen functional groups attached to an aromatic ring is 1. The largest absolute Gasteiger partial charge is 0.481 e. The fourth-order valence-corrected chi connectivity index (χ4v) is 2.57. The van der Waals surface area contributed by atoms with Crippen LogP contribution < -0.4 is 5.73 Å². The van der Waals surface area contributed by atoms with Gasteiger partial charge in [0, 0.05) is 5.75 Å². The lowest BCUT2D eigenvalue weighted by molar-refractivity contribution is -0.136. The third kappa shape index (κ3) is 3.15. The van der Waals surface area contributed by atoms with E-state index < -0.39 is 5.97 Å². The summed E-state index contributed by atoms with van der Waals surface area (Å²) in [5.74, 6) is -0.151. The average molecular weight is 203 g/mol. The van der Waals surface area contributed by atoms with Gasteiger partial charge in [-0.2, -0.15) is 0 Å². The van der Waals surface area contributed by atoms with E-state index in [0.29, 0.717) is 5.75 Å². The Morgan fingerprint density at radius 2 is 2.42 bits per heavy atom. The summed E-state index contributed by atoms with van der Waals surface area (Å²) < 4.78 is 1.08. The molecule has 3 nitrogen and oxygen atoms in total. The molecule has 0 aliphatic rings. The normalized spacial score (nSPS) is 10.0. The number of rotatable bonds is 4. The molecule has 0 aliphatic carbocycles. The molecule has 0 aliphatic heterocycles. The van der Waals surface area contributed by atoms with Crippen LogP contribution >= 0.6 is 23.1 Å². The fraction of sp³-hybridized carbons (Fsp3) is 0.286. The van der Waals surface area contributed by atoms with Gasteiger partial charge >= 0.3 is 5.97 Å². The zero-order chi connectivity index (χ0) is 8.97. The van der Waals surface area contributed by atoms with Crippen LogP contribution in [-0.2, 0) is 4.79 Å². The number of hydrogen-bond acceptors (Lipinski definition) is 4. The highest BCUT2D eigenvalue weighted by molar-refractivity contribution is 8.01. The first-order valence-electron chi connectivity index (χ1n) is 3.38. The molecule has 1 heterocycles. The number of anilines is 1. The molecule has 1 rings (SSSR count). The van der Waals surface area contributed by atoms with Crippen molar-refractivity contribution in [3.8, 4) is 0 Å². The molecule has 12 heavy (non-hydrogen) atoms. The molecule has 3 N–H and O–H groups in total. The first-order valence-corrected chi connectivity index (χ1v) is 5.18. The Bertz CT molecular complexity index is 272. The number of thiophene rings is 1. The lowest BCUT2D eigenvalue weighted by Gasteiger charge is -1.92. The van der Waals surface area contributed by atoms with Crippen LogP contribution in [0.5, 0.6) is 0 Å². The van der Waals surface area contributed by atoms with Crippen molar-refractivity contribution in [2.45, 2.75) is 10.6 Å². The number of carboxylic acid groups (broad SMARTS) is 1. The number of carbonyl (C=O) groups is 1. The third-order valence-corrected chi connectivity index (χ3v) is 3.30. The highest BCUT2D eigenvalue weighted by Gasteiger charge is 2.00. The van der Waals surface area contributed by atoms with Crippen molar-refractivity contribution in [2.75, 3.05) is 11.5 Å². The van der Waals surface area contributed by atoms with Crippen molar-refractivity contribution >= 4 is 34.1 Å². The quantitative estimate of drug-likeness (QED) is 0.734. The van der Waals surface area contributed by atoms with Crippen molar-refractivity contribution < 1.29 is 9.90 Å². The van der Waals surface area contributed by atoms with Gasteiger partial charge in [-0.15, -0.1) is 23.1 Å². The van der Waals surface area contributed by atoms with Crippen LogP contribution in [0, 0.1) is 0 Å². The maximum Gasteiger partial charge on any atom is 0.304 e. The van der Waals surface area contributed by atoms with E-state index in [4.69, 9.17) is 10.8 Å². The van der Waals surface area contributed by atoms with Gasteiger partial charge in [-0.3, -0.25) is 4.79 Å². The summed E-state index contributed by atoms with van der Waals surface area (Å²) in [4.78, 5) is 10.2. The number of hydrogen-bond donors (Lipinski definition) is 2. The zero-order valence-corrected chi connectivity index (χ0v) is 7.95. The molecule has 66 valence electrons. The molecule has 0 saturated carbocycles. The molecule has 5 heteroatoms. The van der Waals surface area contributed by atoms with Crippen LogP contribution in [0.25, 0.3) is 0 Å². The average Bonchev–Trinajstić information content (AvgIpc) is 2.35. The number of nitrogens with two attached hydrogens (primary N) is 1. The van der Waals surface area contributed by atoms with E-state index in [0.717, 1.165) is 9.21 Å². The van der Waals surface area contributed by atoms with Crippen molar-refractivity contribution in [3.63, 3.8) is 0 Å². The minimum absolute atomic E-state index is 0.197. The van der Waals surface area contributed by atoms with Gasteiger partial charge in [-0.05, 0) is 12.1 Å². The van der Waals surface area contributed by atoms with E-state index in [1.807, 2.05) is 12.1 Å². The molecule has 1 aromatic heterocycles. The second-order valence-electron chi connectivity index (χ2n) is 2.15. The van der Waals surface area contributed by atoms with Gasteiger partial charge < -0.3 is 10.8 Å². The predicted octanol–water partition coefficient (Wildman–Crippen LogP) is 1.90. The predicted molar refractivity (Wildman–Crippen MR) is 51.7 cm³/mol. The van der Waals surface area contributed by atoms with Gasteiger partial charge in [0.05, 0.1) is 15.6 Å². The Kier molecular flexibility index (Phi) is 3.43. The Morgan fingerprint density at radius 1 is 1.67 bits per heavy atom. The first kappa shape index (κ1) is 9.41. The Labute approximate surface area is 78.6 Å². The second kappa shape index (κ2) is 4.37. The topological polar surface area (TPSA) is 63.3 Å². The van der Waals surface area contributed by atoms with Gasteiger partial charge in [-0.1, -0.05) is 0 Å². The molecule has 0 amide bonds. The lowest BCUT2D eigenvalue weighted by Crippen LogP contribution is -1.95. The minimum Gasteiger partial charge on any atom is -0.481 e. The van der Waals surface area contributed by atoms with Crippen LogP contribution in [0.15, 0.2) is 16.3 Å². The highest BCUT2D eigenvalue weighted by atomic mass is 32.2. The summed E-state index contributed by atoms with van der Waals surface area (Å²) in [6, 6.07) is 3.74. The molecule has 1 aromatic rings. The first-order chi connectivity index (χ1) is 5.68. The number of aliphatic carboxylic acids is 1. The standard InChI is InChI=1S/C7H9NO2S2/c8-5-1-2-7(12-5)11-4-3-6(9)10/h1-2H,3-4,8H2,(H,9,10). The molecule has 0 radical (unpaired) electrons. The third-order valence-electron chi connectivity index (χ3n) is 1.16. The van der Waals surface area contributed by atoms with E-state index in [1.54, 1.807) is 0 Å². The molecule has 0 aromatic carbocycles. The van der Waals surface area contributed by atoms with Gasteiger partial charge in [0.15, 0.2) is 0 Å². The van der Waals surface area contributed by atoms with Crippen LogP contribution in [0.3, 0.4) is 0 Å². The Hall–Kier alpha value is -0.680. The van der Waals surface area contributed by atoms with Crippen molar-refractivity contribution in [3.05, 3.63) is 12.1 Å². The molecule has 0 saturated heterocycles. The molecular weight excluding hydrogens is 194 g/mol. The molecular formula is C7H9NO2S2. The van der Waals surface area contributed by atoms with Crippen LogP contribution in [0.1, 0.15) is 6.42 Å². The lowest BCUT2D eigenvalue weighted by atomic mass is 10.5. The van der Waals surface area contributed by atoms with Gasteiger partial charge in [0.1, 0.15) is 0 Å². The van der Waals surface area contributed by atoms with Gasteiger partial charge in [0.2, 0.25) is 0 Å². The summed E-state index contributed by atoms with van der Waals surface area (Å²) in [6.45, 7) is 0. The second-order valence-corrected chi connectivity index (χ2v) is 4.66. The smallest absolute Gasteiger partial charge is 0.304 e. The summed E-state index contributed by atoms with van der Waals surface area (Å²) in [5, 5.41) is 9.13. The molecule has 0 bridgehead atoms. The SMILES string of the molecule is Nc1ccc(SCCC(=O)O)s1. The summed E-state index contributed by atoms with van der Waals surface area (Å²) in [5.41, 5.74) is 5.50. The van der Waals surface area contributed by atoms with E-state index in [1.165, 1.54) is 23.1 Å².